The largest absolute Gasteiger partial charge is 0.400 e. The van der Waals surface area contributed by atoms with Crippen molar-refractivity contribution in [2.75, 3.05) is 19.0 Å². The Bertz CT molecular complexity index is 623. The molecule has 0 fully saturated rings. The lowest BCUT2D eigenvalue weighted by Crippen LogP contribution is -2.05. The third-order valence-electron chi connectivity index (χ3n) is 2.34. The van der Waals surface area contributed by atoms with E-state index < -0.39 is 0 Å². The van der Waals surface area contributed by atoms with Gasteiger partial charge in [-0.3, -0.25) is 0 Å². The van der Waals surface area contributed by atoms with E-state index in [0.29, 0.717) is 6.54 Å². The number of thiophene rings is 1. The summed E-state index contributed by atoms with van der Waals surface area (Å²) in [6.45, 7) is 12.1. The third-order valence-corrected chi connectivity index (χ3v) is 3.97. The fourth-order valence-corrected chi connectivity index (χ4v) is 2.99. The summed E-state index contributed by atoms with van der Waals surface area (Å²) in [7, 11) is 1.00. The highest BCUT2D eigenvalue weighted by Crippen LogP contribution is 2.32. The number of aliphatic hydroxyl groups is 1. The van der Waals surface area contributed by atoms with Gasteiger partial charge in [-0.1, -0.05) is 45.2 Å². The summed E-state index contributed by atoms with van der Waals surface area (Å²) in [4.78, 5) is 8.49. The number of hydrogen-bond acceptors (Lipinski definition) is 5. The van der Waals surface area contributed by atoms with Gasteiger partial charge in [-0.2, -0.15) is 0 Å². The molecule has 6 heteroatoms. The van der Waals surface area contributed by atoms with Crippen molar-refractivity contribution in [2.24, 2.45) is 0 Å². The lowest BCUT2D eigenvalue weighted by Gasteiger charge is -2.06. The van der Waals surface area contributed by atoms with Crippen molar-refractivity contribution < 1.29 is 5.11 Å². The number of aromatic nitrogens is 2. The topological polar surface area (TPSA) is 58.0 Å². The number of aliphatic hydroxyl groups excluding tert-OH is 1. The lowest BCUT2D eigenvalue weighted by molar-refractivity contribution is 0.399. The normalized spacial score (nSPS) is 9.95. The van der Waals surface area contributed by atoms with Crippen LogP contribution in [-0.4, -0.2) is 28.7 Å². The van der Waals surface area contributed by atoms with E-state index in [9.17, 15) is 0 Å². The molecule has 0 saturated heterocycles. The molecule has 0 bridgehead atoms. The van der Waals surface area contributed by atoms with E-state index in [0.717, 1.165) is 32.5 Å². The number of allylic oxidation sites excluding steroid dienone is 2. The summed E-state index contributed by atoms with van der Waals surface area (Å²) in [5.41, 5.74) is 2.00. The van der Waals surface area contributed by atoms with E-state index in [1.165, 1.54) is 0 Å². The first-order valence-electron chi connectivity index (χ1n) is 6.77. The van der Waals surface area contributed by atoms with E-state index >= 15 is 0 Å². The smallest absolute Gasteiger partial charge is 0.147 e. The molecule has 0 aromatic carbocycles. The van der Waals surface area contributed by atoms with Gasteiger partial charge in [0.2, 0.25) is 0 Å². The molecule has 0 aliphatic carbocycles. The Labute approximate surface area is 144 Å². The van der Waals surface area contributed by atoms with E-state index in [2.05, 4.69) is 44.4 Å². The van der Waals surface area contributed by atoms with E-state index in [1.54, 1.807) is 29.8 Å². The minimum atomic E-state index is 0.664. The quantitative estimate of drug-likeness (QED) is 0.727. The second-order valence-electron chi connectivity index (χ2n) is 3.52. The number of nitrogens with one attached hydrogen (secondary N) is 1. The van der Waals surface area contributed by atoms with Crippen LogP contribution < -0.4 is 5.32 Å². The number of anilines is 1. The van der Waals surface area contributed by atoms with Crippen molar-refractivity contribution in [2.45, 2.75) is 13.8 Å². The van der Waals surface area contributed by atoms with E-state index in [4.69, 9.17) is 5.11 Å². The van der Waals surface area contributed by atoms with Gasteiger partial charge >= 0.3 is 0 Å². The molecule has 0 atom stereocenters. The van der Waals surface area contributed by atoms with Crippen LogP contribution in [-0.2, 0) is 0 Å². The maximum absolute atomic E-state index is 7.00. The van der Waals surface area contributed by atoms with Crippen LogP contribution in [0.4, 0.5) is 5.82 Å². The number of nitrogens with zero attached hydrogens (tertiary/aromatic N) is 2. The zero-order valence-corrected chi connectivity index (χ0v) is 15.5. The molecule has 2 heterocycles. The third kappa shape index (κ3) is 6.09. The van der Waals surface area contributed by atoms with Gasteiger partial charge in [-0.05, 0) is 27.6 Å². The molecule has 2 rings (SSSR count). The zero-order valence-electron chi connectivity index (χ0n) is 13.1. The van der Waals surface area contributed by atoms with Crippen molar-refractivity contribution in [3.8, 4) is 0 Å². The minimum absolute atomic E-state index is 0.664. The molecule has 2 aromatic heterocycles. The highest BCUT2D eigenvalue weighted by molar-refractivity contribution is 9.11. The zero-order chi connectivity index (χ0) is 17.0. The first-order chi connectivity index (χ1) is 10.7. The molecule has 22 heavy (non-hydrogen) atoms. The van der Waals surface area contributed by atoms with Crippen molar-refractivity contribution >= 4 is 43.3 Å². The Morgan fingerprint density at radius 1 is 1.36 bits per heavy atom. The van der Waals surface area contributed by atoms with Crippen LogP contribution in [0.5, 0.6) is 0 Å². The van der Waals surface area contributed by atoms with Gasteiger partial charge in [0.05, 0.1) is 14.0 Å². The molecule has 120 valence electrons. The maximum Gasteiger partial charge on any atom is 0.147 e. The van der Waals surface area contributed by atoms with Crippen LogP contribution in [0.15, 0.2) is 53.1 Å². The molecular weight excluding hydrogens is 362 g/mol. The van der Waals surface area contributed by atoms with Crippen LogP contribution in [0.1, 0.15) is 13.8 Å². The molecular formula is C16H22BrN3OS. The SMILES string of the molecule is C=C/C=C(\C=C)CNc1ncnc2cc(Br)sc12.CC.CO. The van der Waals surface area contributed by atoms with Gasteiger partial charge in [0.1, 0.15) is 12.1 Å². The maximum atomic E-state index is 7.00. The standard InChI is InChI=1S/C13H12BrN3S.C2H6.CH4O/c1-3-5-9(4-2)7-15-13-12-10(16-8-17-13)6-11(14)18-12;2*1-2/h3-6,8H,1-2,7H2,(H,15,16,17);1-2H3;2H,1H3/b9-5+;;. The van der Waals surface area contributed by atoms with E-state index in [-0.39, 0.29) is 0 Å². The van der Waals surface area contributed by atoms with Crippen LogP contribution in [0.3, 0.4) is 0 Å². The molecule has 4 nitrogen and oxygen atoms in total. The van der Waals surface area contributed by atoms with Crippen LogP contribution >= 0.6 is 27.3 Å². The highest BCUT2D eigenvalue weighted by atomic mass is 79.9. The fraction of sp³-hybridized carbons (Fsp3) is 0.250. The molecule has 2 N–H and O–H groups in total. The second kappa shape index (κ2) is 12.1. The Morgan fingerprint density at radius 2 is 2.05 bits per heavy atom. The Balaban J connectivity index is 0.00000102. The minimum Gasteiger partial charge on any atom is -0.400 e. The van der Waals surface area contributed by atoms with Crippen LogP contribution in [0.2, 0.25) is 0 Å². The second-order valence-corrected chi connectivity index (χ2v) is 5.95. The number of rotatable bonds is 5. The average Bonchev–Trinajstić information content (AvgIpc) is 2.96. The predicted octanol–water partition coefficient (Wildman–Crippen LogP) is 4.80. The summed E-state index contributed by atoms with van der Waals surface area (Å²) in [6.07, 6.45) is 7.03. The summed E-state index contributed by atoms with van der Waals surface area (Å²) in [5, 5.41) is 10.3. The Hall–Kier alpha value is -1.50. The predicted molar refractivity (Wildman–Crippen MR) is 102 cm³/mol. The molecule has 0 spiro atoms. The van der Waals surface area contributed by atoms with Gasteiger partial charge in [0.15, 0.2) is 0 Å². The molecule has 0 radical (unpaired) electrons. The molecule has 0 aliphatic heterocycles. The fourth-order valence-electron chi connectivity index (χ4n) is 1.49. The molecule has 0 saturated carbocycles. The first kappa shape index (κ1) is 20.5. The van der Waals surface area contributed by atoms with Crippen molar-refractivity contribution in [1.29, 1.82) is 0 Å². The lowest BCUT2D eigenvalue weighted by atomic mass is 10.2. The molecule has 0 aliphatic rings. The number of fused-ring (bicyclic) bond motifs is 1. The highest BCUT2D eigenvalue weighted by Gasteiger charge is 2.07. The molecule has 0 unspecified atom stereocenters. The van der Waals surface area contributed by atoms with Crippen LogP contribution in [0, 0.1) is 0 Å². The van der Waals surface area contributed by atoms with Crippen molar-refractivity contribution in [1.82, 2.24) is 9.97 Å². The monoisotopic (exact) mass is 383 g/mol. The summed E-state index contributed by atoms with van der Waals surface area (Å²) in [6, 6.07) is 1.99. The van der Waals surface area contributed by atoms with Gasteiger partial charge < -0.3 is 10.4 Å². The summed E-state index contributed by atoms with van der Waals surface area (Å²) < 4.78 is 2.10. The Kier molecular flexibility index (Phi) is 11.3. The van der Waals surface area contributed by atoms with Gasteiger partial charge in [0, 0.05) is 13.7 Å². The number of hydrogen-bond donors (Lipinski definition) is 2. The van der Waals surface area contributed by atoms with Crippen molar-refractivity contribution in [3.05, 3.63) is 53.1 Å². The summed E-state index contributed by atoms with van der Waals surface area (Å²) in [5.74, 6) is 0.840. The van der Waals surface area contributed by atoms with Gasteiger partial charge in [-0.25, -0.2) is 9.97 Å². The summed E-state index contributed by atoms with van der Waals surface area (Å²) >= 11 is 5.07. The molecule has 0 amide bonds. The number of halogens is 1. The average molecular weight is 384 g/mol. The van der Waals surface area contributed by atoms with Crippen LogP contribution in [0.25, 0.3) is 10.2 Å². The Morgan fingerprint density at radius 3 is 2.64 bits per heavy atom. The van der Waals surface area contributed by atoms with Crippen molar-refractivity contribution in [3.63, 3.8) is 0 Å². The first-order valence-corrected chi connectivity index (χ1v) is 8.38. The van der Waals surface area contributed by atoms with Gasteiger partial charge in [0.25, 0.3) is 0 Å². The molecule has 2 aromatic rings. The van der Waals surface area contributed by atoms with Gasteiger partial charge in [-0.15, -0.1) is 11.3 Å². The van der Waals surface area contributed by atoms with E-state index in [1.807, 2.05) is 26.0 Å².